The topological polar surface area (TPSA) is 56.6 Å². The molecule has 0 radical (unpaired) electrons. The number of methoxy groups -OCH3 is 1. The van der Waals surface area contributed by atoms with Crippen LogP contribution in [0.1, 0.15) is 53.0 Å². The van der Waals surface area contributed by atoms with Gasteiger partial charge in [0, 0.05) is 35.3 Å². The number of thioether (sulfide) groups is 1. The van der Waals surface area contributed by atoms with Crippen molar-refractivity contribution in [2.24, 2.45) is 0 Å². The molecule has 0 bridgehead atoms. The summed E-state index contributed by atoms with van der Waals surface area (Å²) in [6.07, 6.45) is 2.38. The first-order valence-corrected chi connectivity index (χ1v) is 16.3. The predicted octanol–water partition coefficient (Wildman–Crippen LogP) is 7.20. The third-order valence-corrected chi connectivity index (χ3v) is 9.65. The van der Waals surface area contributed by atoms with Gasteiger partial charge >= 0.3 is 0 Å². The molecule has 0 spiro atoms. The van der Waals surface area contributed by atoms with Crippen LogP contribution in [0.15, 0.2) is 82.7 Å². The maximum atomic E-state index is 13.5. The van der Waals surface area contributed by atoms with Crippen molar-refractivity contribution < 1.29 is 9.47 Å². The van der Waals surface area contributed by atoms with E-state index in [1.165, 1.54) is 22.3 Å². The highest BCUT2D eigenvalue weighted by atomic mass is 127. The lowest BCUT2D eigenvalue weighted by molar-refractivity contribution is 0.226. The quantitative estimate of drug-likeness (QED) is 0.123. The zero-order valence-corrected chi connectivity index (χ0v) is 26.9. The fraction of sp³-hybridized carbons (Fsp3) is 0.333. The highest BCUT2D eigenvalue weighted by Gasteiger charge is 2.28. The zero-order chi connectivity index (χ0) is 28.9. The van der Waals surface area contributed by atoms with Crippen LogP contribution in [0.3, 0.4) is 0 Å². The molecule has 0 saturated carbocycles. The van der Waals surface area contributed by atoms with Gasteiger partial charge in [0.05, 0.1) is 23.4 Å². The smallest absolute Gasteiger partial charge is 0.271 e. The van der Waals surface area contributed by atoms with E-state index in [2.05, 4.69) is 102 Å². The van der Waals surface area contributed by atoms with E-state index in [4.69, 9.17) is 9.47 Å². The summed E-state index contributed by atoms with van der Waals surface area (Å²) in [5.41, 5.74) is 6.68. The Morgan fingerprint density at radius 2 is 1.78 bits per heavy atom. The number of benzene rings is 3. The standard InChI is InChI=1S/C33H36IN3O3S/c1-22(2)25-9-7-24(8-10-25)20-36(3)15-16-40-29-14-13-27(17-30(29)39-4)37-21-35-28-18-31(41-32(28)33(37)38)26-11-5-23(19-34)6-12-26/h5-14,17,21-22,31H,15-16,18-20H2,1-4H3. The van der Waals surface area contributed by atoms with Crippen molar-refractivity contribution in [2.45, 2.75) is 47.3 Å². The minimum absolute atomic E-state index is 0.0508. The van der Waals surface area contributed by atoms with Crippen molar-refractivity contribution in [3.63, 3.8) is 0 Å². The molecule has 0 saturated heterocycles. The van der Waals surface area contributed by atoms with Crippen molar-refractivity contribution in [2.75, 3.05) is 27.3 Å². The van der Waals surface area contributed by atoms with E-state index in [0.717, 1.165) is 34.5 Å². The van der Waals surface area contributed by atoms with E-state index in [1.807, 2.05) is 18.2 Å². The van der Waals surface area contributed by atoms with E-state index in [1.54, 1.807) is 29.8 Å². The fourth-order valence-corrected chi connectivity index (χ4v) is 6.72. The molecule has 1 unspecified atom stereocenters. The molecule has 1 aliphatic rings. The first kappa shape index (κ1) is 29.7. The zero-order valence-electron chi connectivity index (χ0n) is 24.0. The molecule has 3 aromatic carbocycles. The van der Waals surface area contributed by atoms with Crippen molar-refractivity contribution in [3.8, 4) is 17.2 Å². The Labute approximate surface area is 260 Å². The summed E-state index contributed by atoms with van der Waals surface area (Å²) in [4.78, 5) is 21.1. The van der Waals surface area contributed by atoms with Crippen LogP contribution in [-0.4, -0.2) is 41.8 Å². The highest BCUT2D eigenvalue weighted by Crippen LogP contribution is 2.44. The van der Waals surface area contributed by atoms with Gasteiger partial charge in [-0.25, -0.2) is 4.98 Å². The Balaban J connectivity index is 1.22. The molecule has 4 aromatic rings. The van der Waals surface area contributed by atoms with Gasteiger partial charge in [-0.15, -0.1) is 11.8 Å². The second kappa shape index (κ2) is 13.4. The van der Waals surface area contributed by atoms with E-state index >= 15 is 0 Å². The first-order chi connectivity index (χ1) is 19.9. The van der Waals surface area contributed by atoms with E-state index in [0.29, 0.717) is 29.7 Å². The molecule has 214 valence electrons. The lowest BCUT2D eigenvalue weighted by atomic mass is 10.0. The average molecular weight is 682 g/mol. The number of alkyl halides is 1. The van der Waals surface area contributed by atoms with Crippen molar-refractivity contribution in [1.82, 2.24) is 14.5 Å². The molecule has 1 aromatic heterocycles. The van der Waals surface area contributed by atoms with Gasteiger partial charge in [-0.2, -0.15) is 0 Å². The number of nitrogens with zero attached hydrogens (tertiary/aromatic N) is 3. The molecule has 1 atom stereocenters. The van der Waals surface area contributed by atoms with Gasteiger partial charge in [0.2, 0.25) is 0 Å². The van der Waals surface area contributed by atoms with Crippen LogP contribution in [0.5, 0.6) is 11.5 Å². The Kier molecular flexibility index (Phi) is 9.72. The molecule has 0 N–H and O–H groups in total. The van der Waals surface area contributed by atoms with Crippen LogP contribution in [0.4, 0.5) is 0 Å². The van der Waals surface area contributed by atoms with Gasteiger partial charge in [0.25, 0.3) is 5.56 Å². The second-order valence-corrected chi connectivity index (χ2v) is 12.7. The van der Waals surface area contributed by atoms with Gasteiger partial charge in [0.1, 0.15) is 12.9 Å². The van der Waals surface area contributed by atoms with Gasteiger partial charge in [-0.1, -0.05) is 85.0 Å². The number of fused-ring (bicyclic) bond motifs is 1. The summed E-state index contributed by atoms with van der Waals surface area (Å²) in [5.74, 6) is 1.77. The average Bonchev–Trinajstić information content (AvgIpc) is 3.43. The van der Waals surface area contributed by atoms with E-state index < -0.39 is 0 Å². The summed E-state index contributed by atoms with van der Waals surface area (Å²) >= 11 is 3.98. The molecule has 5 rings (SSSR count). The monoisotopic (exact) mass is 681 g/mol. The third kappa shape index (κ3) is 6.98. The fourth-order valence-electron chi connectivity index (χ4n) is 4.92. The third-order valence-electron chi connectivity index (χ3n) is 7.40. The molecule has 0 aliphatic carbocycles. The van der Waals surface area contributed by atoms with E-state index in [-0.39, 0.29) is 10.8 Å². The lowest BCUT2D eigenvalue weighted by Gasteiger charge is -2.18. The van der Waals surface area contributed by atoms with Crippen molar-refractivity contribution in [3.05, 3.63) is 111 Å². The van der Waals surface area contributed by atoms with Gasteiger partial charge in [-0.05, 0) is 47.4 Å². The van der Waals surface area contributed by atoms with Crippen LogP contribution < -0.4 is 15.0 Å². The molecular formula is C33H36IN3O3S. The number of aromatic nitrogens is 2. The highest BCUT2D eigenvalue weighted by molar-refractivity contribution is 14.1. The first-order valence-electron chi connectivity index (χ1n) is 13.9. The Morgan fingerprint density at radius 3 is 2.46 bits per heavy atom. The Hall–Kier alpha value is -2.82. The van der Waals surface area contributed by atoms with Crippen molar-refractivity contribution in [1.29, 1.82) is 0 Å². The molecule has 0 fully saturated rings. The SMILES string of the molecule is COc1cc(-n2cnc3c(c2=O)SC(c2ccc(CI)cc2)C3)ccc1OCCN(C)Cc1ccc(C(C)C)cc1. The lowest BCUT2D eigenvalue weighted by Crippen LogP contribution is -2.24. The largest absolute Gasteiger partial charge is 0.493 e. The second-order valence-electron chi connectivity index (χ2n) is 10.7. The Morgan fingerprint density at radius 1 is 1.05 bits per heavy atom. The number of halogens is 1. The summed E-state index contributed by atoms with van der Waals surface area (Å²) in [7, 11) is 3.71. The molecule has 0 amide bonds. The van der Waals surface area contributed by atoms with Crippen LogP contribution in [0.2, 0.25) is 0 Å². The summed E-state index contributed by atoms with van der Waals surface area (Å²) < 4.78 is 14.3. The number of likely N-dealkylation sites (N-methyl/N-ethyl adjacent to an activating group) is 1. The summed E-state index contributed by atoms with van der Waals surface area (Å²) in [5, 5.41) is 0.201. The van der Waals surface area contributed by atoms with Crippen molar-refractivity contribution >= 4 is 34.4 Å². The molecule has 6 nitrogen and oxygen atoms in total. The van der Waals surface area contributed by atoms with Gasteiger partial charge in [0.15, 0.2) is 11.5 Å². The minimum Gasteiger partial charge on any atom is -0.493 e. The maximum absolute atomic E-state index is 13.5. The van der Waals surface area contributed by atoms with Crippen LogP contribution >= 0.6 is 34.4 Å². The molecular weight excluding hydrogens is 645 g/mol. The van der Waals surface area contributed by atoms with Crippen LogP contribution in [-0.2, 0) is 17.4 Å². The molecule has 41 heavy (non-hydrogen) atoms. The number of rotatable bonds is 11. The number of hydrogen-bond acceptors (Lipinski definition) is 6. The summed E-state index contributed by atoms with van der Waals surface area (Å²) in [6, 6.07) is 23.1. The maximum Gasteiger partial charge on any atom is 0.271 e. The predicted molar refractivity (Wildman–Crippen MR) is 175 cm³/mol. The van der Waals surface area contributed by atoms with E-state index in [9.17, 15) is 4.79 Å². The Bertz CT molecular complexity index is 1540. The van der Waals surface area contributed by atoms with Crippen LogP contribution in [0, 0.1) is 0 Å². The molecule has 8 heteroatoms. The van der Waals surface area contributed by atoms with Gasteiger partial charge < -0.3 is 9.47 Å². The normalized spacial score (nSPS) is 14.5. The van der Waals surface area contributed by atoms with Gasteiger partial charge in [-0.3, -0.25) is 14.3 Å². The molecule has 2 heterocycles. The molecule has 1 aliphatic heterocycles. The number of hydrogen-bond donors (Lipinski definition) is 0. The number of ether oxygens (including phenoxy) is 2. The summed E-state index contributed by atoms with van der Waals surface area (Å²) in [6.45, 7) is 6.57. The van der Waals surface area contributed by atoms with Crippen LogP contribution in [0.25, 0.3) is 5.69 Å². The minimum atomic E-state index is -0.0508.